The van der Waals surface area contributed by atoms with Crippen LogP contribution in [0.25, 0.3) is 11.1 Å². The average molecular weight is 468 g/mol. The summed E-state index contributed by atoms with van der Waals surface area (Å²) in [7, 11) is -3.49. The van der Waals surface area contributed by atoms with Crippen molar-refractivity contribution in [1.82, 2.24) is 9.29 Å². The normalized spacial score (nSPS) is 14.8. The van der Waals surface area contributed by atoms with Gasteiger partial charge in [0, 0.05) is 25.0 Å². The molecule has 1 fully saturated rings. The van der Waals surface area contributed by atoms with Gasteiger partial charge in [0.25, 0.3) is 0 Å². The minimum atomic E-state index is -3.49. The molecule has 3 aromatic rings. The molecule has 0 aliphatic carbocycles. The van der Waals surface area contributed by atoms with Gasteiger partial charge in [-0.1, -0.05) is 60.6 Å². The number of thioether (sulfide) groups is 1. The molecule has 166 valence electrons. The number of nitrogens with one attached hydrogen (secondary N) is 1. The van der Waals surface area contributed by atoms with E-state index in [1.807, 2.05) is 54.6 Å². The van der Waals surface area contributed by atoms with Gasteiger partial charge >= 0.3 is 0 Å². The molecule has 1 aromatic heterocycles. The highest BCUT2D eigenvalue weighted by molar-refractivity contribution is 7.99. The molecule has 1 aliphatic heterocycles. The Labute approximate surface area is 193 Å². The Balaban J connectivity index is 1.30. The van der Waals surface area contributed by atoms with Crippen molar-refractivity contribution in [2.75, 3.05) is 24.2 Å². The molecule has 6 nitrogen and oxygen atoms in total. The summed E-state index contributed by atoms with van der Waals surface area (Å²) >= 11 is 1.27. The summed E-state index contributed by atoms with van der Waals surface area (Å²) in [5, 5.41) is 3.49. The van der Waals surface area contributed by atoms with Crippen LogP contribution in [0.2, 0.25) is 0 Å². The second-order valence-corrected chi connectivity index (χ2v) is 10.5. The summed E-state index contributed by atoms with van der Waals surface area (Å²) < 4.78 is 26.9. The summed E-state index contributed by atoms with van der Waals surface area (Å²) in [6.45, 7) is 1.12. The minimum absolute atomic E-state index is 0.144. The van der Waals surface area contributed by atoms with Crippen molar-refractivity contribution in [1.29, 1.82) is 0 Å². The van der Waals surface area contributed by atoms with E-state index in [0.717, 1.165) is 36.1 Å². The summed E-state index contributed by atoms with van der Waals surface area (Å²) in [5.41, 5.74) is 2.94. The first-order chi connectivity index (χ1) is 15.5. The monoisotopic (exact) mass is 467 g/mol. The first kappa shape index (κ1) is 22.5. The quantitative estimate of drug-likeness (QED) is 0.512. The van der Waals surface area contributed by atoms with Gasteiger partial charge in [-0.3, -0.25) is 4.79 Å². The van der Waals surface area contributed by atoms with E-state index in [2.05, 4.69) is 10.3 Å². The van der Waals surface area contributed by atoms with Crippen molar-refractivity contribution in [3.63, 3.8) is 0 Å². The molecule has 2 heterocycles. The number of benzene rings is 2. The van der Waals surface area contributed by atoms with E-state index in [4.69, 9.17) is 0 Å². The van der Waals surface area contributed by atoms with E-state index < -0.39 is 10.0 Å². The lowest BCUT2D eigenvalue weighted by atomic mass is 10.1. The van der Waals surface area contributed by atoms with Crippen molar-refractivity contribution in [2.45, 2.75) is 29.2 Å². The molecule has 1 aliphatic rings. The zero-order valence-electron chi connectivity index (χ0n) is 17.6. The smallest absolute Gasteiger partial charge is 0.244 e. The molecule has 2 aromatic carbocycles. The molecule has 1 N–H and O–H groups in total. The number of anilines is 1. The van der Waals surface area contributed by atoms with Gasteiger partial charge in [-0.05, 0) is 48.2 Å². The molecule has 0 spiro atoms. The van der Waals surface area contributed by atoms with Crippen molar-refractivity contribution >= 4 is 33.4 Å². The first-order valence-corrected chi connectivity index (χ1v) is 13.0. The van der Waals surface area contributed by atoms with Crippen LogP contribution in [0.15, 0.2) is 82.8 Å². The van der Waals surface area contributed by atoms with Crippen LogP contribution >= 0.6 is 11.8 Å². The number of hydrogen-bond donors (Lipinski definition) is 1. The van der Waals surface area contributed by atoms with Crippen LogP contribution < -0.4 is 5.32 Å². The topological polar surface area (TPSA) is 79.4 Å². The maximum absolute atomic E-state index is 12.7. The molecule has 0 radical (unpaired) electrons. The third-order valence-corrected chi connectivity index (χ3v) is 8.11. The van der Waals surface area contributed by atoms with Crippen molar-refractivity contribution in [3.05, 3.63) is 72.9 Å². The van der Waals surface area contributed by atoms with Crippen molar-refractivity contribution in [3.8, 4) is 11.1 Å². The molecule has 0 bridgehead atoms. The molecular formula is C24H25N3O3S2. The van der Waals surface area contributed by atoms with Gasteiger partial charge in [0.2, 0.25) is 15.9 Å². The summed E-state index contributed by atoms with van der Waals surface area (Å²) in [5.74, 6) is 0.0420. The van der Waals surface area contributed by atoms with E-state index in [0.29, 0.717) is 18.1 Å². The number of aromatic nitrogens is 1. The summed E-state index contributed by atoms with van der Waals surface area (Å²) in [4.78, 5) is 16.8. The van der Waals surface area contributed by atoms with Crippen LogP contribution in [0.3, 0.4) is 0 Å². The van der Waals surface area contributed by atoms with E-state index in [1.54, 1.807) is 12.1 Å². The Morgan fingerprint density at radius 3 is 2.25 bits per heavy atom. The average Bonchev–Trinajstić information content (AvgIpc) is 2.84. The largest absolute Gasteiger partial charge is 0.325 e. The number of carbonyl (C=O) groups is 1. The Hall–Kier alpha value is -2.68. The molecule has 32 heavy (non-hydrogen) atoms. The molecule has 0 atom stereocenters. The number of amides is 1. The maximum Gasteiger partial charge on any atom is 0.244 e. The fourth-order valence-corrected chi connectivity index (χ4v) is 5.68. The first-order valence-electron chi connectivity index (χ1n) is 10.6. The van der Waals surface area contributed by atoms with E-state index >= 15 is 0 Å². The molecule has 4 rings (SSSR count). The molecular weight excluding hydrogens is 442 g/mol. The van der Waals surface area contributed by atoms with Gasteiger partial charge in [-0.2, -0.15) is 4.31 Å². The second kappa shape index (κ2) is 10.3. The fraction of sp³-hybridized carbons (Fsp3) is 0.250. The van der Waals surface area contributed by atoms with E-state index in [1.165, 1.54) is 22.3 Å². The maximum atomic E-state index is 12.7. The lowest BCUT2D eigenvalue weighted by Gasteiger charge is -2.25. The van der Waals surface area contributed by atoms with Crippen LogP contribution in [0.1, 0.15) is 19.3 Å². The lowest BCUT2D eigenvalue weighted by molar-refractivity contribution is -0.113. The molecule has 1 saturated heterocycles. The third-order valence-electron chi connectivity index (χ3n) is 5.29. The molecule has 1 amide bonds. The van der Waals surface area contributed by atoms with Gasteiger partial charge in [0.05, 0.1) is 10.8 Å². The van der Waals surface area contributed by atoms with Gasteiger partial charge in [0.15, 0.2) is 0 Å². The molecule has 0 unspecified atom stereocenters. The van der Waals surface area contributed by atoms with Crippen molar-refractivity contribution < 1.29 is 13.2 Å². The van der Waals surface area contributed by atoms with Gasteiger partial charge in [-0.15, -0.1) is 0 Å². The Kier molecular flexibility index (Phi) is 7.24. The Bertz CT molecular complexity index is 1140. The van der Waals surface area contributed by atoms with Gasteiger partial charge < -0.3 is 5.32 Å². The number of carbonyl (C=O) groups excluding carboxylic acids is 1. The number of rotatable bonds is 7. The van der Waals surface area contributed by atoms with Gasteiger partial charge in [-0.25, -0.2) is 13.4 Å². The Morgan fingerprint density at radius 1 is 0.906 bits per heavy atom. The van der Waals surface area contributed by atoms with Crippen LogP contribution in [-0.4, -0.2) is 42.5 Å². The highest BCUT2D eigenvalue weighted by atomic mass is 32.2. The summed E-state index contributed by atoms with van der Waals surface area (Å²) in [6.07, 6.45) is 4.24. The predicted octanol–water partition coefficient (Wildman–Crippen LogP) is 4.65. The van der Waals surface area contributed by atoms with Crippen LogP contribution in [0.5, 0.6) is 0 Å². The predicted molar refractivity (Wildman–Crippen MR) is 128 cm³/mol. The van der Waals surface area contributed by atoms with Crippen molar-refractivity contribution in [2.24, 2.45) is 0 Å². The molecule has 0 saturated carbocycles. The summed E-state index contributed by atoms with van der Waals surface area (Å²) in [6, 6.07) is 21.0. The van der Waals surface area contributed by atoms with E-state index in [9.17, 15) is 13.2 Å². The SMILES string of the molecule is O=C(CSc1ccc(S(=O)(=O)N2CCCCC2)cn1)Nc1ccc(-c2ccccc2)cc1. The number of nitrogens with zero attached hydrogens (tertiary/aromatic N) is 2. The standard InChI is InChI=1S/C24H25N3O3S2/c28-23(26-21-11-9-20(10-12-21)19-7-3-1-4-8-19)18-31-24-14-13-22(17-25-24)32(29,30)27-15-5-2-6-16-27/h1,3-4,7-14,17H,2,5-6,15-16,18H2,(H,26,28). The van der Waals surface area contributed by atoms with Crippen LogP contribution in [-0.2, 0) is 14.8 Å². The highest BCUT2D eigenvalue weighted by Gasteiger charge is 2.26. The lowest BCUT2D eigenvalue weighted by Crippen LogP contribution is -2.35. The van der Waals surface area contributed by atoms with E-state index in [-0.39, 0.29) is 16.6 Å². The zero-order valence-corrected chi connectivity index (χ0v) is 19.2. The Morgan fingerprint density at radius 2 is 1.59 bits per heavy atom. The fourth-order valence-electron chi connectivity index (χ4n) is 3.57. The zero-order chi connectivity index (χ0) is 22.4. The number of piperidine rings is 1. The number of sulfonamides is 1. The number of pyridine rings is 1. The van der Waals surface area contributed by atoms with Crippen LogP contribution in [0, 0.1) is 0 Å². The minimum Gasteiger partial charge on any atom is -0.325 e. The van der Waals surface area contributed by atoms with Crippen LogP contribution in [0.4, 0.5) is 5.69 Å². The highest BCUT2D eigenvalue weighted by Crippen LogP contribution is 2.23. The molecule has 8 heteroatoms. The number of hydrogen-bond acceptors (Lipinski definition) is 5. The van der Waals surface area contributed by atoms with Gasteiger partial charge in [0.1, 0.15) is 4.90 Å². The second-order valence-electron chi connectivity index (χ2n) is 7.58. The third kappa shape index (κ3) is 5.56.